The van der Waals surface area contributed by atoms with Crippen molar-refractivity contribution < 1.29 is 18.8 Å². The zero-order valence-corrected chi connectivity index (χ0v) is 22.8. The van der Waals surface area contributed by atoms with Crippen molar-refractivity contribution in [3.63, 3.8) is 0 Å². The number of piperazine rings is 1. The first-order valence-corrected chi connectivity index (χ1v) is 12.6. The van der Waals surface area contributed by atoms with E-state index in [2.05, 4.69) is 38.7 Å². The number of nitro benzene ring substituents is 1. The van der Waals surface area contributed by atoms with Crippen molar-refractivity contribution in [1.82, 2.24) is 19.8 Å². The number of nitro groups is 1. The summed E-state index contributed by atoms with van der Waals surface area (Å²) < 4.78 is 19.5. The van der Waals surface area contributed by atoms with Gasteiger partial charge < -0.3 is 9.64 Å². The standard InChI is InChI=1S/C27H28ClFN6O4/c1-27(2,3)39-26(36)34(19-7-8-22(29)21(28)15-19)25-20-16-24(35(37)38)18(14-23(20)30-17-31-25)6-5-9-33-12-10-32(4)11-13-33/h7-8,14-17H,9-13H2,1-4H3. The van der Waals surface area contributed by atoms with E-state index in [4.69, 9.17) is 16.3 Å². The normalized spacial score (nSPS) is 14.5. The van der Waals surface area contributed by atoms with E-state index in [0.29, 0.717) is 12.1 Å². The molecule has 0 spiro atoms. The van der Waals surface area contributed by atoms with Gasteiger partial charge >= 0.3 is 6.09 Å². The molecule has 0 atom stereocenters. The minimum absolute atomic E-state index is 0.0111. The lowest BCUT2D eigenvalue weighted by Crippen LogP contribution is -2.44. The molecule has 1 aliphatic heterocycles. The van der Waals surface area contributed by atoms with E-state index >= 15 is 0 Å². The second kappa shape index (κ2) is 11.5. The Morgan fingerprint density at radius 1 is 1.21 bits per heavy atom. The summed E-state index contributed by atoms with van der Waals surface area (Å²) in [5, 5.41) is 12.0. The van der Waals surface area contributed by atoms with Crippen LogP contribution in [0, 0.1) is 27.8 Å². The van der Waals surface area contributed by atoms with Gasteiger partial charge in [-0.3, -0.25) is 15.0 Å². The first-order valence-electron chi connectivity index (χ1n) is 12.2. The smallest absolute Gasteiger partial charge is 0.420 e. The number of likely N-dealkylation sites (N-methyl/N-ethyl adjacent to an activating group) is 1. The Hall–Kier alpha value is -3.85. The molecule has 4 rings (SSSR count). The van der Waals surface area contributed by atoms with Gasteiger partial charge in [0.2, 0.25) is 0 Å². The molecular weight excluding hydrogens is 527 g/mol. The molecule has 1 aliphatic rings. The van der Waals surface area contributed by atoms with Crippen LogP contribution in [0.3, 0.4) is 0 Å². The predicted octanol–water partition coefficient (Wildman–Crippen LogP) is 5.00. The third-order valence-corrected chi connectivity index (χ3v) is 6.29. The van der Waals surface area contributed by atoms with Crippen LogP contribution in [0.25, 0.3) is 10.9 Å². The monoisotopic (exact) mass is 554 g/mol. The predicted molar refractivity (Wildman–Crippen MR) is 147 cm³/mol. The van der Waals surface area contributed by atoms with Gasteiger partial charge in [-0.1, -0.05) is 23.4 Å². The summed E-state index contributed by atoms with van der Waals surface area (Å²) in [6.07, 6.45) is 0.400. The number of carbonyl (C=O) groups is 1. The minimum Gasteiger partial charge on any atom is -0.443 e. The van der Waals surface area contributed by atoms with Gasteiger partial charge in [0, 0.05) is 32.2 Å². The summed E-state index contributed by atoms with van der Waals surface area (Å²) in [4.78, 5) is 38.9. The van der Waals surface area contributed by atoms with Crippen molar-refractivity contribution in [3.05, 3.63) is 63.2 Å². The fourth-order valence-corrected chi connectivity index (χ4v) is 4.18. The van der Waals surface area contributed by atoms with Crippen LogP contribution in [0.1, 0.15) is 26.3 Å². The fourth-order valence-electron chi connectivity index (χ4n) is 4.01. The third kappa shape index (κ3) is 6.78. The molecule has 1 aromatic heterocycles. The van der Waals surface area contributed by atoms with Crippen LogP contribution < -0.4 is 4.90 Å². The first-order chi connectivity index (χ1) is 18.4. The fraction of sp³-hybridized carbons (Fsp3) is 0.370. The Morgan fingerprint density at radius 3 is 2.56 bits per heavy atom. The number of carbonyl (C=O) groups excluding carboxylic acids is 1. The number of nitrogens with zero attached hydrogens (tertiary/aromatic N) is 6. The second-order valence-corrected chi connectivity index (χ2v) is 10.5. The Kier molecular flexibility index (Phi) is 8.30. The molecule has 204 valence electrons. The highest BCUT2D eigenvalue weighted by molar-refractivity contribution is 6.31. The molecule has 39 heavy (non-hydrogen) atoms. The maximum Gasteiger partial charge on any atom is 0.420 e. The van der Waals surface area contributed by atoms with Gasteiger partial charge in [0.15, 0.2) is 5.82 Å². The topological polar surface area (TPSA) is 105 Å². The zero-order chi connectivity index (χ0) is 28.3. The average molecular weight is 555 g/mol. The molecule has 1 fully saturated rings. The molecule has 0 radical (unpaired) electrons. The summed E-state index contributed by atoms with van der Waals surface area (Å²) in [6.45, 7) is 9.17. The van der Waals surface area contributed by atoms with E-state index < -0.39 is 22.4 Å². The molecule has 10 nitrogen and oxygen atoms in total. The van der Waals surface area contributed by atoms with Crippen LogP contribution in [0.4, 0.5) is 26.4 Å². The number of rotatable bonds is 4. The highest BCUT2D eigenvalue weighted by atomic mass is 35.5. The Bertz CT molecular complexity index is 1470. The van der Waals surface area contributed by atoms with Crippen molar-refractivity contribution in [3.8, 4) is 11.8 Å². The van der Waals surface area contributed by atoms with E-state index in [1.807, 2.05) is 0 Å². The van der Waals surface area contributed by atoms with E-state index in [9.17, 15) is 19.3 Å². The van der Waals surface area contributed by atoms with Crippen LogP contribution in [0.5, 0.6) is 0 Å². The molecule has 0 N–H and O–H groups in total. The number of anilines is 2. The van der Waals surface area contributed by atoms with Crippen molar-refractivity contribution in [2.75, 3.05) is 44.7 Å². The number of halogens is 2. The molecule has 1 saturated heterocycles. The molecule has 0 aliphatic carbocycles. The largest absolute Gasteiger partial charge is 0.443 e. The number of aromatic nitrogens is 2. The number of benzene rings is 2. The Balaban J connectivity index is 1.79. The number of ether oxygens (including phenoxy) is 1. The van der Waals surface area contributed by atoms with Crippen LogP contribution in [-0.2, 0) is 4.74 Å². The second-order valence-electron chi connectivity index (χ2n) is 10.1. The van der Waals surface area contributed by atoms with Crippen LogP contribution in [-0.4, -0.2) is 76.2 Å². The van der Waals surface area contributed by atoms with Crippen LogP contribution in [0.2, 0.25) is 5.02 Å². The van der Waals surface area contributed by atoms with Gasteiger partial charge in [0.1, 0.15) is 23.3 Å². The SMILES string of the molecule is CN1CCN(CC#Cc2cc3ncnc(N(C(=O)OC(C)(C)C)c4ccc(F)c(Cl)c4)c3cc2[N+](=O)[O-])CC1. The first kappa shape index (κ1) is 28.2. The van der Waals surface area contributed by atoms with Crippen molar-refractivity contribution >= 4 is 45.8 Å². The molecule has 2 aromatic carbocycles. The number of hydrogen-bond acceptors (Lipinski definition) is 8. The highest BCUT2D eigenvalue weighted by Crippen LogP contribution is 2.35. The van der Waals surface area contributed by atoms with Gasteiger partial charge in [0.05, 0.1) is 33.1 Å². The molecular formula is C27H28ClFN6O4. The molecule has 1 amide bonds. The van der Waals surface area contributed by atoms with Gasteiger partial charge in [-0.15, -0.1) is 0 Å². The number of fused-ring (bicyclic) bond motifs is 1. The lowest BCUT2D eigenvalue weighted by Gasteiger charge is -2.30. The molecule has 0 unspecified atom stereocenters. The number of amides is 1. The molecule has 12 heteroatoms. The van der Waals surface area contributed by atoms with Gasteiger partial charge in [-0.25, -0.2) is 24.1 Å². The maximum atomic E-state index is 13.9. The molecule has 3 aromatic rings. The Labute approximate surface area is 230 Å². The lowest BCUT2D eigenvalue weighted by molar-refractivity contribution is -0.385. The quantitative estimate of drug-likeness (QED) is 0.252. The third-order valence-electron chi connectivity index (χ3n) is 6.00. The van der Waals surface area contributed by atoms with Crippen LogP contribution >= 0.6 is 11.6 Å². The zero-order valence-electron chi connectivity index (χ0n) is 22.1. The molecule has 2 heterocycles. The molecule has 0 bridgehead atoms. The Morgan fingerprint density at radius 2 is 1.92 bits per heavy atom. The van der Waals surface area contributed by atoms with Crippen molar-refractivity contribution in [1.29, 1.82) is 0 Å². The van der Waals surface area contributed by atoms with E-state index in [0.717, 1.165) is 37.1 Å². The summed E-state index contributed by atoms with van der Waals surface area (Å²) in [7, 11) is 2.06. The van der Waals surface area contributed by atoms with Crippen molar-refractivity contribution in [2.45, 2.75) is 26.4 Å². The van der Waals surface area contributed by atoms with E-state index in [-0.39, 0.29) is 33.2 Å². The maximum absolute atomic E-state index is 13.9. The van der Waals surface area contributed by atoms with Crippen molar-refractivity contribution in [2.24, 2.45) is 0 Å². The minimum atomic E-state index is -0.874. The van der Waals surface area contributed by atoms with E-state index in [1.165, 1.54) is 30.6 Å². The highest BCUT2D eigenvalue weighted by Gasteiger charge is 2.29. The van der Waals surface area contributed by atoms with E-state index in [1.54, 1.807) is 20.8 Å². The molecule has 0 saturated carbocycles. The summed E-state index contributed by atoms with van der Waals surface area (Å²) in [5.74, 6) is 5.30. The van der Waals surface area contributed by atoms with Gasteiger partial charge in [-0.2, -0.15) is 0 Å². The summed E-state index contributed by atoms with van der Waals surface area (Å²) in [5.41, 5.74) is -0.447. The van der Waals surface area contributed by atoms with Gasteiger partial charge in [0.25, 0.3) is 5.69 Å². The van der Waals surface area contributed by atoms with Crippen LogP contribution in [0.15, 0.2) is 36.7 Å². The average Bonchev–Trinajstić information content (AvgIpc) is 2.86. The summed E-state index contributed by atoms with van der Waals surface area (Å²) >= 11 is 6.00. The summed E-state index contributed by atoms with van der Waals surface area (Å²) in [6, 6.07) is 6.48. The number of hydrogen-bond donors (Lipinski definition) is 0. The van der Waals surface area contributed by atoms with Gasteiger partial charge in [-0.05, 0) is 52.1 Å². The lowest BCUT2D eigenvalue weighted by atomic mass is 10.1.